The standard InChI is InChI=1S/C34H36BrN3O2S.C2HF3O2/c35-32-14-2-1-9-29(32)24-33(39)38(19-15-31-13-7-21-41-31)25-26-8-5-10-27(22-26)28-11-6-12-30(23-28)34(40)36-16-20-37-17-3-4-18-37;3-2(4,5)1(6)7/h1-2,5-14,21-23H,3-4,15-20,24-25H2,(H,36,40);(H,6,7). The van der Waals surface area contributed by atoms with Crippen molar-refractivity contribution in [3.8, 4) is 11.1 Å². The van der Waals surface area contributed by atoms with E-state index in [0.29, 0.717) is 31.6 Å². The minimum Gasteiger partial charge on any atom is -0.475 e. The minimum absolute atomic E-state index is 0.0420. The number of thiophene rings is 1. The number of hydrogen-bond acceptors (Lipinski definition) is 5. The molecule has 0 saturated carbocycles. The maximum Gasteiger partial charge on any atom is 0.490 e. The molecule has 2 amide bonds. The monoisotopic (exact) mass is 743 g/mol. The molecule has 1 saturated heterocycles. The van der Waals surface area contributed by atoms with Crippen molar-refractivity contribution in [3.63, 3.8) is 0 Å². The van der Waals surface area contributed by atoms with E-state index in [4.69, 9.17) is 9.90 Å². The van der Waals surface area contributed by atoms with Gasteiger partial charge in [-0.25, -0.2) is 4.79 Å². The van der Waals surface area contributed by atoms with Crippen molar-refractivity contribution < 1.29 is 32.7 Å². The van der Waals surface area contributed by atoms with E-state index in [0.717, 1.165) is 52.8 Å². The maximum atomic E-state index is 13.5. The highest BCUT2D eigenvalue weighted by Crippen LogP contribution is 2.24. The number of amides is 2. The average Bonchev–Trinajstić information content (AvgIpc) is 3.79. The van der Waals surface area contributed by atoms with Crippen molar-refractivity contribution in [3.05, 3.63) is 116 Å². The molecule has 2 N–H and O–H groups in total. The lowest BCUT2D eigenvalue weighted by molar-refractivity contribution is -0.192. The van der Waals surface area contributed by atoms with Crippen LogP contribution in [0.15, 0.2) is 94.8 Å². The van der Waals surface area contributed by atoms with Crippen LogP contribution in [0, 0.1) is 0 Å². The van der Waals surface area contributed by atoms with E-state index in [2.05, 4.69) is 61.9 Å². The van der Waals surface area contributed by atoms with Crippen LogP contribution in [-0.2, 0) is 29.0 Å². The predicted octanol–water partition coefficient (Wildman–Crippen LogP) is 7.45. The number of alkyl halides is 3. The highest BCUT2D eigenvalue weighted by Gasteiger charge is 2.38. The second kappa shape index (κ2) is 18.0. The number of carbonyl (C=O) groups excluding carboxylic acids is 2. The van der Waals surface area contributed by atoms with Crippen LogP contribution in [0.4, 0.5) is 13.2 Å². The molecule has 254 valence electrons. The number of halogens is 4. The Morgan fingerprint density at radius 1 is 0.917 bits per heavy atom. The van der Waals surface area contributed by atoms with Crippen LogP contribution < -0.4 is 5.32 Å². The van der Waals surface area contributed by atoms with Crippen LogP contribution in [0.1, 0.15) is 39.2 Å². The van der Waals surface area contributed by atoms with Gasteiger partial charge in [0, 0.05) is 41.1 Å². The van der Waals surface area contributed by atoms with Gasteiger partial charge >= 0.3 is 12.1 Å². The number of carboxylic acids is 1. The maximum absolute atomic E-state index is 13.5. The number of rotatable bonds is 12. The Morgan fingerprint density at radius 3 is 2.27 bits per heavy atom. The molecule has 7 nitrogen and oxygen atoms in total. The van der Waals surface area contributed by atoms with Crippen LogP contribution in [-0.4, -0.2) is 71.6 Å². The van der Waals surface area contributed by atoms with Crippen molar-refractivity contribution in [2.75, 3.05) is 32.7 Å². The Balaban J connectivity index is 0.000000671. The first kappa shape index (κ1) is 36.8. The third-order valence-electron chi connectivity index (χ3n) is 7.77. The number of nitrogens with zero attached hydrogens (tertiary/aromatic N) is 2. The van der Waals surface area contributed by atoms with Crippen molar-refractivity contribution in [1.82, 2.24) is 15.1 Å². The molecule has 0 spiro atoms. The van der Waals surface area contributed by atoms with Crippen molar-refractivity contribution >= 4 is 45.1 Å². The largest absolute Gasteiger partial charge is 0.490 e. The first-order chi connectivity index (χ1) is 23.0. The number of likely N-dealkylation sites (tertiary alicyclic amines) is 1. The smallest absolute Gasteiger partial charge is 0.475 e. The molecule has 2 heterocycles. The second-order valence-corrected chi connectivity index (χ2v) is 13.2. The second-order valence-electron chi connectivity index (χ2n) is 11.3. The quantitative estimate of drug-likeness (QED) is 0.157. The fourth-order valence-corrected chi connectivity index (χ4v) is 6.38. The normalized spacial score (nSPS) is 13.0. The van der Waals surface area contributed by atoms with E-state index in [9.17, 15) is 22.8 Å². The van der Waals surface area contributed by atoms with E-state index in [-0.39, 0.29) is 11.8 Å². The molecule has 0 unspecified atom stereocenters. The van der Waals surface area contributed by atoms with Gasteiger partial charge < -0.3 is 20.2 Å². The van der Waals surface area contributed by atoms with Gasteiger partial charge in [0.2, 0.25) is 5.91 Å². The molecule has 4 aromatic rings. The molecule has 3 aromatic carbocycles. The average molecular weight is 745 g/mol. The summed E-state index contributed by atoms with van der Waals surface area (Å²) in [6, 6.07) is 28.2. The fourth-order valence-electron chi connectivity index (χ4n) is 5.25. The summed E-state index contributed by atoms with van der Waals surface area (Å²) in [6.45, 7) is 5.00. The van der Waals surface area contributed by atoms with Crippen LogP contribution in [0.25, 0.3) is 11.1 Å². The topological polar surface area (TPSA) is 90.0 Å². The van der Waals surface area contributed by atoms with Gasteiger partial charge in [-0.3, -0.25) is 9.59 Å². The van der Waals surface area contributed by atoms with Crippen LogP contribution >= 0.6 is 27.3 Å². The van der Waals surface area contributed by atoms with E-state index in [1.165, 1.54) is 17.7 Å². The van der Waals surface area contributed by atoms with Gasteiger partial charge in [-0.05, 0) is 90.3 Å². The molecule has 1 aliphatic heterocycles. The molecular weight excluding hydrogens is 707 g/mol. The summed E-state index contributed by atoms with van der Waals surface area (Å²) in [5.74, 6) is -2.70. The summed E-state index contributed by atoms with van der Waals surface area (Å²) in [4.78, 5) is 40.9. The summed E-state index contributed by atoms with van der Waals surface area (Å²) >= 11 is 5.32. The van der Waals surface area contributed by atoms with Crippen LogP contribution in [0.3, 0.4) is 0 Å². The van der Waals surface area contributed by atoms with Gasteiger partial charge in [-0.1, -0.05) is 70.5 Å². The highest BCUT2D eigenvalue weighted by atomic mass is 79.9. The Labute approximate surface area is 290 Å². The molecule has 1 fully saturated rings. The van der Waals surface area contributed by atoms with Gasteiger partial charge in [0.25, 0.3) is 5.91 Å². The summed E-state index contributed by atoms with van der Waals surface area (Å²) in [6.07, 6.45) is -1.41. The molecule has 0 bridgehead atoms. The zero-order chi connectivity index (χ0) is 34.5. The van der Waals surface area contributed by atoms with E-state index in [1.54, 1.807) is 11.3 Å². The molecule has 0 atom stereocenters. The Morgan fingerprint density at radius 2 is 1.60 bits per heavy atom. The SMILES string of the molecule is O=C(NCCN1CCCC1)c1cccc(-c2cccc(CN(CCc3cccs3)C(=O)Cc3ccccc3Br)c2)c1.O=C(O)C(F)(F)F. The van der Waals surface area contributed by atoms with Crippen LogP contribution in [0.2, 0.25) is 0 Å². The lowest BCUT2D eigenvalue weighted by atomic mass is 10.0. The van der Waals surface area contributed by atoms with Crippen molar-refractivity contribution in [2.45, 2.75) is 38.4 Å². The van der Waals surface area contributed by atoms with Crippen molar-refractivity contribution in [2.24, 2.45) is 0 Å². The fraction of sp³-hybridized carbons (Fsp3) is 0.306. The van der Waals surface area contributed by atoms with Gasteiger partial charge in [0.15, 0.2) is 0 Å². The molecule has 0 radical (unpaired) electrons. The third-order valence-corrected chi connectivity index (χ3v) is 9.48. The van der Waals surface area contributed by atoms with Gasteiger partial charge in [0.1, 0.15) is 0 Å². The number of aliphatic carboxylic acids is 1. The Kier molecular flexibility index (Phi) is 13.8. The van der Waals surface area contributed by atoms with Crippen molar-refractivity contribution in [1.29, 1.82) is 0 Å². The van der Waals surface area contributed by atoms with Crippen LogP contribution in [0.5, 0.6) is 0 Å². The first-order valence-electron chi connectivity index (χ1n) is 15.5. The lowest BCUT2D eigenvalue weighted by Crippen LogP contribution is -2.33. The predicted molar refractivity (Wildman–Crippen MR) is 185 cm³/mol. The summed E-state index contributed by atoms with van der Waals surface area (Å²) in [7, 11) is 0. The summed E-state index contributed by atoms with van der Waals surface area (Å²) in [5, 5.41) is 12.3. The van der Waals surface area contributed by atoms with Gasteiger partial charge in [-0.2, -0.15) is 13.2 Å². The molecule has 1 aliphatic rings. The van der Waals surface area contributed by atoms with E-state index >= 15 is 0 Å². The molecule has 5 rings (SSSR count). The number of benzene rings is 3. The number of carboxylic acid groups (broad SMARTS) is 1. The molecule has 0 aliphatic carbocycles. The molecular formula is C36H37BrF3N3O4S. The number of nitrogens with one attached hydrogen (secondary N) is 1. The summed E-state index contributed by atoms with van der Waals surface area (Å²) in [5.41, 5.74) is 4.74. The van der Waals surface area contributed by atoms with Gasteiger partial charge in [-0.15, -0.1) is 11.3 Å². The zero-order valence-electron chi connectivity index (χ0n) is 26.2. The first-order valence-corrected chi connectivity index (χ1v) is 17.2. The number of hydrogen-bond donors (Lipinski definition) is 2. The molecule has 48 heavy (non-hydrogen) atoms. The van der Waals surface area contributed by atoms with Gasteiger partial charge in [0.05, 0.1) is 6.42 Å². The highest BCUT2D eigenvalue weighted by molar-refractivity contribution is 9.10. The third kappa shape index (κ3) is 11.6. The minimum atomic E-state index is -5.08. The van der Waals surface area contributed by atoms with E-state index in [1.807, 2.05) is 59.5 Å². The lowest BCUT2D eigenvalue weighted by Gasteiger charge is -2.23. The molecule has 1 aromatic heterocycles. The zero-order valence-corrected chi connectivity index (χ0v) is 28.6. The molecule has 12 heteroatoms. The Bertz CT molecular complexity index is 1660. The Hall–Kier alpha value is -4.00. The summed E-state index contributed by atoms with van der Waals surface area (Å²) < 4.78 is 32.7. The number of carbonyl (C=O) groups is 3. The van der Waals surface area contributed by atoms with E-state index < -0.39 is 12.1 Å².